The van der Waals surface area contributed by atoms with E-state index in [1.54, 1.807) is 11.3 Å². The number of guanidine groups is 1. The van der Waals surface area contributed by atoms with E-state index >= 15 is 0 Å². The second-order valence-corrected chi connectivity index (χ2v) is 8.05. The van der Waals surface area contributed by atoms with Gasteiger partial charge in [-0.15, -0.1) is 11.3 Å². The largest absolute Gasteiger partial charge is 0.370 e. The van der Waals surface area contributed by atoms with Crippen LogP contribution in [0, 0.1) is 0 Å². The lowest BCUT2D eigenvalue weighted by Gasteiger charge is -2.32. The maximum Gasteiger partial charge on any atom is 0.189 e. The van der Waals surface area contributed by atoms with Gasteiger partial charge in [-0.25, -0.2) is 4.99 Å². The van der Waals surface area contributed by atoms with Crippen LogP contribution < -0.4 is 11.1 Å². The molecular formula is C22H26N4S. The van der Waals surface area contributed by atoms with Gasteiger partial charge < -0.3 is 11.1 Å². The van der Waals surface area contributed by atoms with Gasteiger partial charge in [0.1, 0.15) is 0 Å². The average Bonchev–Trinajstić information content (AvgIpc) is 3.12. The standard InChI is InChI=1S/C22H26N4S/c23-22(24-14-18-16-27-21-9-5-4-8-20(18)21)25-19-10-12-26(13-11-19)15-17-6-2-1-3-7-17/h1-9,16,19H,10-15H2,(H3,23,24,25). The van der Waals surface area contributed by atoms with Gasteiger partial charge in [0.05, 0.1) is 6.54 Å². The monoisotopic (exact) mass is 378 g/mol. The zero-order chi connectivity index (χ0) is 18.5. The van der Waals surface area contributed by atoms with E-state index in [0.717, 1.165) is 32.5 Å². The Morgan fingerprint density at radius 2 is 1.81 bits per heavy atom. The summed E-state index contributed by atoms with van der Waals surface area (Å²) < 4.78 is 1.31. The Balaban J connectivity index is 1.26. The van der Waals surface area contributed by atoms with E-state index in [-0.39, 0.29) is 0 Å². The first-order chi connectivity index (χ1) is 13.3. The zero-order valence-corrected chi connectivity index (χ0v) is 16.3. The molecule has 4 nitrogen and oxygen atoms in total. The van der Waals surface area contributed by atoms with Crippen LogP contribution in [0.5, 0.6) is 0 Å². The fourth-order valence-corrected chi connectivity index (χ4v) is 4.61. The fraction of sp³-hybridized carbons (Fsp3) is 0.318. The number of fused-ring (bicyclic) bond motifs is 1. The van der Waals surface area contributed by atoms with Crippen LogP contribution in [0.3, 0.4) is 0 Å². The third-order valence-corrected chi connectivity index (χ3v) is 6.18. The lowest BCUT2D eigenvalue weighted by Crippen LogP contribution is -2.46. The third kappa shape index (κ3) is 4.67. The van der Waals surface area contributed by atoms with Crippen molar-refractivity contribution in [2.45, 2.75) is 32.0 Å². The number of nitrogens with zero attached hydrogens (tertiary/aromatic N) is 2. The molecule has 1 aliphatic rings. The third-order valence-electron chi connectivity index (χ3n) is 5.17. The Kier molecular flexibility index (Phi) is 5.70. The molecule has 0 unspecified atom stereocenters. The smallest absolute Gasteiger partial charge is 0.189 e. The molecule has 0 spiro atoms. The van der Waals surface area contributed by atoms with Crippen LogP contribution in [0.4, 0.5) is 0 Å². The first kappa shape index (κ1) is 18.0. The zero-order valence-electron chi connectivity index (χ0n) is 15.5. The quantitative estimate of drug-likeness (QED) is 0.522. The van der Waals surface area contributed by atoms with E-state index in [9.17, 15) is 0 Å². The second kappa shape index (κ2) is 8.55. The Morgan fingerprint density at radius 1 is 1.07 bits per heavy atom. The summed E-state index contributed by atoms with van der Waals surface area (Å²) in [6.45, 7) is 3.85. The molecule has 27 heavy (non-hydrogen) atoms. The van der Waals surface area contributed by atoms with Crippen LogP contribution in [-0.2, 0) is 13.1 Å². The number of hydrogen-bond donors (Lipinski definition) is 2. The number of thiophene rings is 1. The molecule has 2 heterocycles. The second-order valence-electron chi connectivity index (χ2n) is 7.14. The summed E-state index contributed by atoms with van der Waals surface area (Å²) in [5, 5.41) is 6.89. The molecule has 5 heteroatoms. The fourth-order valence-electron chi connectivity index (χ4n) is 3.66. The first-order valence-electron chi connectivity index (χ1n) is 9.56. The van der Waals surface area contributed by atoms with Gasteiger partial charge in [-0.2, -0.15) is 0 Å². The highest BCUT2D eigenvalue weighted by atomic mass is 32.1. The van der Waals surface area contributed by atoms with E-state index in [1.807, 2.05) is 0 Å². The maximum absolute atomic E-state index is 6.15. The first-order valence-corrected chi connectivity index (χ1v) is 10.4. The minimum absolute atomic E-state index is 0.417. The van der Waals surface area contributed by atoms with Crippen LogP contribution >= 0.6 is 11.3 Å². The van der Waals surface area contributed by atoms with E-state index in [1.165, 1.54) is 21.2 Å². The van der Waals surface area contributed by atoms with Crippen molar-refractivity contribution in [3.8, 4) is 0 Å². The van der Waals surface area contributed by atoms with Crippen molar-refractivity contribution in [1.82, 2.24) is 10.2 Å². The Bertz CT molecular complexity index is 895. The molecule has 3 aromatic rings. The lowest BCUT2D eigenvalue weighted by molar-refractivity contribution is 0.199. The average molecular weight is 379 g/mol. The Labute approximate surface area is 164 Å². The van der Waals surface area contributed by atoms with Crippen molar-refractivity contribution in [3.63, 3.8) is 0 Å². The van der Waals surface area contributed by atoms with Crippen molar-refractivity contribution in [2.24, 2.45) is 10.7 Å². The molecule has 0 radical (unpaired) electrons. The van der Waals surface area contributed by atoms with Crippen molar-refractivity contribution < 1.29 is 0 Å². The number of piperidine rings is 1. The highest BCUT2D eigenvalue weighted by molar-refractivity contribution is 7.17. The molecule has 1 fully saturated rings. The van der Waals surface area contributed by atoms with Crippen molar-refractivity contribution >= 4 is 27.4 Å². The van der Waals surface area contributed by atoms with Gasteiger partial charge in [-0.05, 0) is 40.8 Å². The minimum atomic E-state index is 0.417. The number of likely N-dealkylation sites (tertiary alicyclic amines) is 1. The van der Waals surface area contributed by atoms with Crippen LogP contribution in [0.15, 0.2) is 65.0 Å². The van der Waals surface area contributed by atoms with Gasteiger partial charge in [0.25, 0.3) is 0 Å². The molecule has 0 bridgehead atoms. The molecule has 0 aliphatic carbocycles. The number of nitrogens with two attached hydrogens (primary N) is 1. The van der Waals surface area contributed by atoms with E-state index < -0.39 is 0 Å². The van der Waals surface area contributed by atoms with E-state index in [2.05, 4.69) is 75.2 Å². The topological polar surface area (TPSA) is 53.6 Å². The van der Waals surface area contributed by atoms with Gasteiger partial charge >= 0.3 is 0 Å². The van der Waals surface area contributed by atoms with Gasteiger partial charge in [0.15, 0.2) is 5.96 Å². The molecule has 3 N–H and O–H groups in total. The van der Waals surface area contributed by atoms with Crippen LogP contribution in [0.25, 0.3) is 10.1 Å². The molecule has 1 aliphatic heterocycles. The highest BCUT2D eigenvalue weighted by Crippen LogP contribution is 2.26. The molecule has 0 saturated carbocycles. The molecule has 1 aromatic heterocycles. The summed E-state index contributed by atoms with van der Waals surface area (Å²) >= 11 is 1.77. The van der Waals surface area contributed by atoms with Crippen LogP contribution in [0.1, 0.15) is 24.0 Å². The Hall–Kier alpha value is -2.37. The summed E-state index contributed by atoms with van der Waals surface area (Å²) in [7, 11) is 0. The number of aliphatic imine (C=N–C) groups is 1. The molecule has 0 amide bonds. The number of hydrogen-bond acceptors (Lipinski definition) is 3. The summed E-state index contributed by atoms with van der Waals surface area (Å²) in [4.78, 5) is 7.09. The summed E-state index contributed by atoms with van der Waals surface area (Å²) in [6.07, 6.45) is 2.20. The maximum atomic E-state index is 6.15. The SMILES string of the molecule is NC(=NCc1csc2ccccc12)NC1CCN(Cc2ccccc2)CC1. The Morgan fingerprint density at radius 3 is 2.63 bits per heavy atom. The highest BCUT2D eigenvalue weighted by Gasteiger charge is 2.19. The van der Waals surface area contributed by atoms with Gasteiger partial charge in [0.2, 0.25) is 0 Å². The van der Waals surface area contributed by atoms with Gasteiger partial charge in [0, 0.05) is 30.4 Å². The van der Waals surface area contributed by atoms with Crippen molar-refractivity contribution in [2.75, 3.05) is 13.1 Å². The predicted molar refractivity (Wildman–Crippen MR) is 115 cm³/mol. The van der Waals surface area contributed by atoms with E-state index in [0.29, 0.717) is 18.5 Å². The van der Waals surface area contributed by atoms with Crippen molar-refractivity contribution in [1.29, 1.82) is 0 Å². The molecular weight excluding hydrogens is 352 g/mol. The number of nitrogens with one attached hydrogen (secondary N) is 1. The predicted octanol–water partition coefficient (Wildman–Crippen LogP) is 3.97. The minimum Gasteiger partial charge on any atom is -0.370 e. The molecule has 4 rings (SSSR count). The van der Waals surface area contributed by atoms with Gasteiger partial charge in [-0.1, -0.05) is 48.5 Å². The molecule has 140 valence electrons. The molecule has 2 aromatic carbocycles. The lowest BCUT2D eigenvalue weighted by atomic mass is 10.0. The molecule has 1 saturated heterocycles. The molecule has 0 atom stereocenters. The van der Waals surface area contributed by atoms with E-state index in [4.69, 9.17) is 5.73 Å². The van der Waals surface area contributed by atoms with Crippen LogP contribution in [0.2, 0.25) is 0 Å². The summed E-state index contributed by atoms with van der Waals surface area (Å²) in [5.74, 6) is 0.562. The normalized spacial score (nSPS) is 16.7. The van der Waals surface area contributed by atoms with Gasteiger partial charge in [-0.3, -0.25) is 4.90 Å². The van der Waals surface area contributed by atoms with Crippen molar-refractivity contribution in [3.05, 3.63) is 71.1 Å². The summed E-state index contributed by atoms with van der Waals surface area (Å²) in [5.41, 5.74) is 8.78. The number of benzene rings is 2. The van der Waals surface area contributed by atoms with Crippen LogP contribution in [-0.4, -0.2) is 30.0 Å². The number of rotatable bonds is 5. The summed E-state index contributed by atoms with van der Waals surface area (Å²) in [6, 6.07) is 19.6.